The van der Waals surface area contributed by atoms with Gasteiger partial charge in [-0.2, -0.15) is 5.10 Å². The Balaban J connectivity index is 1.30. The summed E-state index contributed by atoms with van der Waals surface area (Å²) in [5.74, 6) is 0.560. The number of aromatic nitrogens is 2. The van der Waals surface area contributed by atoms with Crippen LogP contribution in [-0.2, 0) is 16.9 Å². The molecule has 0 atom stereocenters. The van der Waals surface area contributed by atoms with E-state index in [0.29, 0.717) is 43.2 Å². The van der Waals surface area contributed by atoms with Crippen LogP contribution < -0.4 is 9.64 Å². The smallest absolute Gasteiger partial charge is 0.410 e. The van der Waals surface area contributed by atoms with Crippen LogP contribution in [0.5, 0.6) is 5.75 Å². The molecule has 3 heterocycles. The van der Waals surface area contributed by atoms with Crippen molar-refractivity contribution in [1.82, 2.24) is 14.7 Å². The van der Waals surface area contributed by atoms with Crippen molar-refractivity contribution in [2.45, 2.75) is 39.9 Å². The molecule has 1 amide bonds. The zero-order valence-corrected chi connectivity index (χ0v) is 24.2. The molecule has 0 unspecified atom stereocenters. The van der Waals surface area contributed by atoms with Gasteiger partial charge in [-0.15, -0.1) is 0 Å². The molecule has 0 radical (unpaired) electrons. The van der Waals surface area contributed by atoms with Crippen LogP contribution in [0.15, 0.2) is 66.9 Å². The number of anilines is 1. The molecule has 0 saturated carbocycles. The Morgan fingerprint density at radius 1 is 1.02 bits per heavy atom. The molecule has 1 saturated heterocycles. The van der Waals surface area contributed by atoms with Gasteiger partial charge in [0.05, 0.1) is 22.5 Å². The van der Waals surface area contributed by atoms with Gasteiger partial charge in [0.2, 0.25) is 0 Å². The minimum absolute atomic E-state index is 0.0168. The van der Waals surface area contributed by atoms with Crippen LogP contribution >= 0.6 is 0 Å². The fraction of sp³-hybridized carbons (Fsp3) is 0.312. The monoisotopic (exact) mass is 567 g/mol. The molecule has 0 spiro atoms. The van der Waals surface area contributed by atoms with Crippen molar-refractivity contribution in [3.63, 3.8) is 0 Å². The molecule has 0 N–H and O–H groups in total. The van der Waals surface area contributed by atoms with E-state index >= 15 is 0 Å². The van der Waals surface area contributed by atoms with Crippen LogP contribution in [0.25, 0.3) is 16.9 Å². The lowest BCUT2D eigenvalue weighted by molar-refractivity contribution is -0.384. The maximum atomic E-state index is 12.7. The Labute approximate surface area is 244 Å². The van der Waals surface area contributed by atoms with Gasteiger partial charge in [-0.25, -0.2) is 9.48 Å². The van der Waals surface area contributed by atoms with Gasteiger partial charge < -0.3 is 19.3 Å². The van der Waals surface area contributed by atoms with E-state index in [1.807, 2.05) is 73.7 Å². The lowest BCUT2D eigenvalue weighted by atomic mass is 9.90. The number of carbonyl (C=O) groups is 1. The van der Waals surface area contributed by atoms with Crippen molar-refractivity contribution in [1.29, 1.82) is 0 Å². The number of nitrogens with zero attached hydrogens (tertiary/aromatic N) is 5. The molecule has 2 aliphatic rings. The quantitative estimate of drug-likeness (QED) is 0.210. The first-order valence-electron chi connectivity index (χ1n) is 14.0. The molecule has 216 valence electrons. The van der Waals surface area contributed by atoms with Crippen molar-refractivity contribution in [3.05, 3.63) is 99.2 Å². The molecule has 1 fully saturated rings. The Kier molecular flexibility index (Phi) is 6.84. The molecule has 6 rings (SSSR count). The normalized spacial score (nSPS) is 15.4. The van der Waals surface area contributed by atoms with Crippen LogP contribution in [0.3, 0.4) is 0 Å². The fourth-order valence-electron chi connectivity index (χ4n) is 5.68. The van der Waals surface area contributed by atoms with E-state index in [1.165, 1.54) is 0 Å². The number of benzene rings is 3. The number of amides is 1. The number of aryl methyl sites for hydroxylation is 2. The van der Waals surface area contributed by atoms with Gasteiger partial charge in [-0.3, -0.25) is 10.1 Å². The highest BCUT2D eigenvalue weighted by atomic mass is 16.6. The second-order valence-corrected chi connectivity index (χ2v) is 11.3. The summed E-state index contributed by atoms with van der Waals surface area (Å²) >= 11 is 0. The molecule has 10 heteroatoms. The van der Waals surface area contributed by atoms with Crippen molar-refractivity contribution in [2.75, 3.05) is 31.1 Å². The first-order valence-corrected chi connectivity index (χ1v) is 14.0. The minimum atomic E-state index is -0.701. The maximum absolute atomic E-state index is 12.7. The third kappa shape index (κ3) is 4.93. The van der Waals surface area contributed by atoms with Crippen LogP contribution in [0.4, 0.5) is 16.2 Å². The zero-order valence-electron chi connectivity index (χ0n) is 24.2. The number of fused-ring (bicyclic) bond motifs is 3. The van der Waals surface area contributed by atoms with E-state index in [2.05, 4.69) is 12.1 Å². The van der Waals surface area contributed by atoms with Gasteiger partial charge in [0.25, 0.3) is 5.69 Å². The summed E-state index contributed by atoms with van der Waals surface area (Å²) in [4.78, 5) is 28.3. The Bertz CT molecular complexity index is 1670. The van der Waals surface area contributed by atoms with Crippen molar-refractivity contribution < 1.29 is 19.2 Å². The minimum Gasteiger partial charge on any atom is -0.482 e. The van der Waals surface area contributed by atoms with Gasteiger partial charge in [0.15, 0.2) is 0 Å². The number of nitro groups is 1. The van der Waals surface area contributed by atoms with E-state index in [0.717, 1.165) is 33.6 Å². The summed E-state index contributed by atoms with van der Waals surface area (Å²) in [6.45, 7) is 9.83. The molecular weight excluding hydrogens is 534 g/mol. The third-order valence-corrected chi connectivity index (χ3v) is 7.99. The van der Waals surface area contributed by atoms with Crippen LogP contribution in [0, 0.1) is 24.0 Å². The highest BCUT2D eigenvalue weighted by Crippen LogP contribution is 2.50. The third-order valence-electron chi connectivity index (χ3n) is 7.99. The number of hydrogen-bond donors (Lipinski definition) is 0. The summed E-state index contributed by atoms with van der Waals surface area (Å²) in [6, 6.07) is 19.1. The van der Waals surface area contributed by atoms with Gasteiger partial charge in [0, 0.05) is 49.4 Å². The van der Waals surface area contributed by atoms with Crippen LogP contribution in [0.1, 0.15) is 36.1 Å². The number of nitro benzene ring substituents is 1. The molecule has 1 aromatic heterocycles. The Morgan fingerprint density at radius 2 is 1.76 bits per heavy atom. The van der Waals surface area contributed by atoms with Crippen LogP contribution in [0.2, 0.25) is 0 Å². The first-order chi connectivity index (χ1) is 20.1. The summed E-state index contributed by atoms with van der Waals surface area (Å²) in [5.41, 5.74) is 6.00. The number of rotatable bonds is 5. The van der Waals surface area contributed by atoms with E-state index in [4.69, 9.17) is 14.6 Å². The van der Waals surface area contributed by atoms with Gasteiger partial charge in [-0.1, -0.05) is 42.5 Å². The molecule has 10 nitrogen and oxygen atoms in total. The molecule has 2 aliphatic heterocycles. The molecule has 42 heavy (non-hydrogen) atoms. The summed E-state index contributed by atoms with van der Waals surface area (Å²) < 4.78 is 13.8. The summed E-state index contributed by atoms with van der Waals surface area (Å²) in [5, 5.41) is 17.1. The van der Waals surface area contributed by atoms with Gasteiger partial charge >= 0.3 is 6.09 Å². The maximum Gasteiger partial charge on any atom is 0.410 e. The van der Waals surface area contributed by atoms with Gasteiger partial charge in [-0.05, 0) is 50.5 Å². The largest absolute Gasteiger partial charge is 0.482 e. The molecular formula is C32H33N5O5. The summed E-state index contributed by atoms with van der Waals surface area (Å²) in [6.07, 6.45) is 1.39. The second-order valence-electron chi connectivity index (χ2n) is 11.3. The van der Waals surface area contributed by atoms with Gasteiger partial charge in [0.1, 0.15) is 23.6 Å². The lowest BCUT2D eigenvalue weighted by Crippen LogP contribution is -2.49. The van der Waals surface area contributed by atoms with E-state index < -0.39 is 11.7 Å². The lowest BCUT2D eigenvalue weighted by Gasteiger charge is -2.37. The number of piperazine rings is 1. The number of hydrogen-bond acceptors (Lipinski definition) is 7. The highest BCUT2D eigenvalue weighted by Gasteiger charge is 2.39. The molecule has 4 aromatic rings. The van der Waals surface area contributed by atoms with Crippen LogP contribution in [-0.4, -0.2) is 51.9 Å². The standard InChI is InChI=1S/C32H33N5O5/c1-21-10-11-22(2)26(16-21)36-30-24-17-28(37(39)40)27(18-29(24)42-32(3,4)25(30)19-33-36)34-12-14-35(15-13-34)31(38)41-20-23-8-6-5-7-9-23/h5-11,16-19H,12-15,20H2,1-4H3. The average molecular weight is 568 g/mol. The first kappa shape index (κ1) is 27.3. The predicted octanol–water partition coefficient (Wildman–Crippen LogP) is 6.15. The second kappa shape index (κ2) is 10.5. The zero-order chi connectivity index (χ0) is 29.6. The SMILES string of the molecule is Cc1ccc(C)c(-n2ncc3c2-c2cc([N+](=O)[O-])c(N4CCN(C(=O)OCc5ccccc5)CC4)cc2OC3(C)C)c1. The summed E-state index contributed by atoms with van der Waals surface area (Å²) in [7, 11) is 0. The topological polar surface area (TPSA) is 103 Å². The van der Waals surface area contributed by atoms with Crippen molar-refractivity contribution in [3.8, 4) is 22.7 Å². The van der Waals surface area contributed by atoms with E-state index in [-0.39, 0.29) is 17.2 Å². The Morgan fingerprint density at radius 3 is 2.48 bits per heavy atom. The fourth-order valence-corrected chi connectivity index (χ4v) is 5.68. The van der Waals surface area contributed by atoms with E-state index in [9.17, 15) is 14.9 Å². The predicted molar refractivity (Wildman–Crippen MR) is 159 cm³/mol. The average Bonchev–Trinajstić information content (AvgIpc) is 3.43. The van der Waals surface area contributed by atoms with Crippen molar-refractivity contribution in [2.24, 2.45) is 0 Å². The highest BCUT2D eigenvalue weighted by molar-refractivity contribution is 5.83. The van der Waals surface area contributed by atoms with Crippen molar-refractivity contribution >= 4 is 17.5 Å². The Hall–Kier alpha value is -4.86. The number of carbonyl (C=O) groups excluding carboxylic acids is 1. The molecule has 0 aliphatic carbocycles. The number of ether oxygens (including phenoxy) is 2. The van der Waals surface area contributed by atoms with E-state index in [1.54, 1.807) is 23.2 Å². The molecule has 3 aromatic carbocycles. The molecule has 0 bridgehead atoms.